The van der Waals surface area contributed by atoms with Crippen molar-refractivity contribution in [3.63, 3.8) is 0 Å². The Morgan fingerprint density at radius 2 is 2.17 bits per heavy atom. The van der Waals surface area contributed by atoms with E-state index in [1.54, 1.807) is 17.9 Å². The lowest BCUT2D eigenvalue weighted by Crippen LogP contribution is -2.29. The first kappa shape index (κ1) is 18.4. The molecule has 3 N–H and O–H groups in total. The predicted molar refractivity (Wildman–Crippen MR) is 114 cm³/mol. The van der Waals surface area contributed by atoms with E-state index in [9.17, 15) is 9.65 Å². The van der Waals surface area contributed by atoms with Crippen LogP contribution in [0.15, 0.2) is 30.5 Å². The highest BCUT2D eigenvalue weighted by atomic mass is 19.1. The molecule has 2 aromatic carbocycles. The fraction of sp³-hybridized carbons (Fsp3) is 0.286. The Morgan fingerprint density at radius 1 is 1.30 bits per heavy atom. The van der Waals surface area contributed by atoms with Crippen LogP contribution in [0.2, 0.25) is 0 Å². The SMILES string of the molecule is CN[C@H]1CCN(c2cc(C#N)c3c(Nc4cc(F)c5nn(C)cc5c4)n[nH]c3c2)C1. The van der Waals surface area contributed by atoms with Gasteiger partial charge in [-0.25, -0.2) is 4.39 Å². The molecule has 1 fully saturated rings. The maximum Gasteiger partial charge on any atom is 0.161 e. The van der Waals surface area contributed by atoms with E-state index < -0.39 is 5.82 Å². The normalized spacial score (nSPS) is 16.5. The van der Waals surface area contributed by atoms with Crippen LogP contribution >= 0.6 is 0 Å². The van der Waals surface area contributed by atoms with Crippen molar-refractivity contribution in [3.05, 3.63) is 41.8 Å². The van der Waals surface area contributed by atoms with E-state index in [-0.39, 0.29) is 0 Å². The highest BCUT2D eigenvalue weighted by molar-refractivity contribution is 5.98. The molecule has 8 nitrogen and oxygen atoms in total. The van der Waals surface area contributed by atoms with Crippen LogP contribution in [-0.2, 0) is 7.05 Å². The third-order valence-electron chi connectivity index (χ3n) is 5.67. The van der Waals surface area contributed by atoms with Crippen molar-refractivity contribution in [1.29, 1.82) is 5.26 Å². The van der Waals surface area contributed by atoms with Gasteiger partial charge in [-0.3, -0.25) is 9.78 Å². The maximum absolute atomic E-state index is 14.4. The Labute approximate surface area is 172 Å². The lowest BCUT2D eigenvalue weighted by Gasteiger charge is -2.19. The first-order valence-electron chi connectivity index (χ1n) is 9.80. The summed E-state index contributed by atoms with van der Waals surface area (Å²) in [4.78, 5) is 2.26. The second kappa shape index (κ2) is 7.00. The molecule has 4 aromatic rings. The zero-order chi connectivity index (χ0) is 20.8. The van der Waals surface area contributed by atoms with Gasteiger partial charge >= 0.3 is 0 Å². The molecule has 0 unspecified atom stereocenters. The molecule has 1 aliphatic heterocycles. The largest absolute Gasteiger partial charge is 0.370 e. The van der Waals surface area contributed by atoms with Crippen LogP contribution < -0.4 is 15.5 Å². The van der Waals surface area contributed by atoms with E-state index in [0.29, 0.717) is 39.4 Å². The number of hydrogen-bond acceptors (Lipinski definition) is 6. The van der Waals surface area contributed by atoms with Crippen LogP contribution in [0.25, 0.3) is 21.8 Å². The number of nitrogens with zero attached hydrogens (tertiary/aromatic N) is 5. The van der Waals surface area contributed by atoms with E-state index in [2.05, 4.69) is 36.9 Å². The lowest BCUT2D eigenvalue weighted by molar-refractivity contribution is 0.617. The summed E-state index contributed by atoms with van der Waals surface area (Å²) in [5, 5.41) is 29.1. The molecule has 0 aliphatic carbocycles. The lowest BCUT2D eigenvalue weighted by atomic mass is 10.1. The van der Waals surface area contributed by atoms with Gasteiger partial charge in [-0.2, -0.15) is 15.5 Å². The fourth-order valence-electron chi connectivity index (χ4n) is 4.15. The van der Waals surface area contributed by atoms with Gasteiger partial charge in [0.2, 0.25) is 0 Å². The number of anilines is 3. The predicted octanol–water partition coefficient (Wildman–Crippen LogP) is 3.00. The number of H-pyrrole nitrogens is 1. The van der Waals surface area contributed by atoms with Gasteiger partial charge in [0.1, 0.15) is 11.6 Å². The number of likely N-dealkylation sites (N-methyl/N-ethyl adjacent to an activating group) is 1. The van der Waals surface area contributed by atoms with Crippen molar-refractivity contribution in [2.75, 3.05) is 30.4 Å². The number of aromatic nitrogens is 4. The number of aromatic amines is 1. The van der Waals surface area contributed by atoms with Gasteiger partial charge in [0, 0.05) is 49.1 Å². The highest BCUT2D eigenvalue weighted by Crippen LogP contribution is 2.33. The summed E-state index contributed by atoms with van der Waals surface area (Å²) >= 11 is 0. The number of aryl methyl sites for hydroxylation is 1. The van der Waals surface area contributed by atoms with Crippen LogP contribution in [-0.4, -0.2) is 46.2 Å². The maximum atomic E-state index is 14.4. The van der Waals surface area contributed by atoms with E-state index in [1.807, 2.05) is 25.2 Å². The van der Waals surface area contributed by atoms with E-state index >= 15 is 0 Å². The Bertz CT molecular complexity index is 1300. The van der Waals surface area contributed by atoms with Crippen molar-refractivity contribution in [3.8, 4) is 6.07 Å². The first-order valence-corrected chi connectivity index (χ1v) is 9.80. The Morgan fingerprint density at radius 3 is 2.93 bits per heavy atom. The average molecular weight is 404 g/mol. The van der Waals surface area contributed by atoms with Crippen molar-refractivity contribution in [1.82, 2.24) is 25.3 Å². The van der Waals surface area contributed by atoms with Crippen LogP contribution in [0.3, 0.4) is 0 Å². The molecule has 152 valence electrons. The summed E-state index contributed by atoms with van der Waals surface area (Å²) in [5.74, 6) is 0.0802. The molecule has 1 aliphatic rings. The summed E-state index contributed by atoms with van der Waals surface area (Å²) in [5.41, 5.74) is 3.15. The van der Waals surface area contributed by atoms with Crippen molar-refractivity contribution < 1.29 is 4.39 Å². The zero-order valence-corrected chi connectivity index (χ0v) is 16.7. The smallest absolute Gasteiger partial charge is 0.161 e. The number of rotatable bonds is 4. The minimum atomic E-state index is -0.411. The molecule has 0 radical (unpaired) electrons. The standard InChI is InChI=1S/C21H21FN8/c1-24-14-3-4-30(11-14)16-6-12(9-23)19-18(8-16)26-27-21(19)25-15-5-13-10-29(2)28-20(13)17(22)7-15/h5-8,10,14,24H,3-4,11H2,1-2H3,(H2,25,26,27)/t14-/m0/s1. The van der Waals surface area contributed by atoms with E-state index in [1.165, 1.54) is 6.07 Å². The average Bonchev–Trinajstić information content (AvgIpc) is 3.45. The van der Waals surface area contributed by atoms with Gasteiger partial charge in [-0.1, -0.05) is 0 Å². The summed E-state index contributed by atoms with van der Waals surface area (Å²) in [6.07, 6.45) is 2.82. The molecular formula is C21H21FN8. The van der Waals surface area contributed by atoms with Gasteiger partial charge in [0.05, 0.1) is 16.5 Å². The Balaban J connectivity index is 1.52. The van der Waals surface area contributed by atoms with Gasteiger partial charge in [0.25, 0.3) is 0 Å². The summed E-state index contributed by atoms with van der Waals surface area (Å²) in [7, 11) is 3.72. The summed E-state index contributed by atoms with van der Waals surface area (Å²) in [6, 6.07) is 9.84. The van der Waals surface area contributed by atoms with Gasteiger partial charge < -0.3 is 15.5 Å². The summed E-state index contributed by atoms with van der Waals surface area (Å²) < 4.78 is 16.0. The quantitative estimate of drug-likeness (QED) is 0.484. The minimum Gasteiger partial charge on any atom is -0.370 e. The number of benzene rings is 2. The topological polar surface area (TPSA) is 97.6 Å². The molecular weight excluding hydrogens is 383 g/mol. The number of hydrogen-bond donors (Lipinski definition) is 3. The molecule has 1 saturated heterocycles. The second-order valence-corrected chi connectivity index (χ2v) is 7.64. The monoisotopic (exact) mass is 404 g/mol. The first-order chi connectivity index (χ1) is 14.6. The number of nitrogens with one attached hydrogen (secondary N) is 3. The van der Waals surface area contributed by atoms with Crippen LogP contribution in [0.1, 0.15) is 12.0 Å². The molecule has 0 spiro atoms. The molecule has 0 saturated carbocycles. The Kier molecular flexibility index (Phi) is 4.29. The van der Waals surface area contributed by atoms with Crippen molar-refractivity contribution >= 4 is 39.0 Å². The third kappa shape index (κ3) is 3.02. The van der Waals surface area contributed by atoms with E-state index in [4.69, 9.17) is 0 Å². The van der Waals surface area contributed by atoms with E-state index in [0.717, 1.165) is 30.7 Å². The number of halogens is 1. The van der Waals surface area contributed by atoms with Gasteiger partial charge in [0.15, 0.2) is 11.6 Å². The third-order valence-corrected chi connectivity index (χ3v) is 5.67. The highest BCUT2D eigenvalue weighted by Gasteiger charge is 2.23. The molecule has 1 atom stereocenters. The molecule has 0 bridgehead atoms. The van der Waals surface area contributed by atoms with Gasteiger partial charge in [-0.05, 0) is 37.7 Å². The van der Waals surface area contributed by atoms with Crippen LogP contribution in [0, 0.1) is 17.1 Å². The molecule has 9 heteroatoms. The van der Waals surface area contributed by atoms with Crippen molar-refractivity contribution in [2.24, 2.45) is 7.05 Å². The molecule has 0 amide bonds. The molecule has 5 rings (SSSR count). The zero-order valence-electron chi connectivity index (χ0n) is 16.7. The number of nitriles is 1. The van der Waals surface area contributed by atoms with Crippen LogP contribution in [0.5, 0.6) is 0 Å². The van der Waals surface area contributed by atoms with Gasteiger partial charge in [-0.15, -0.1) is 0 Å². The summed E-state index contributed by atoms with van der Waals surface area (Å²) in [6.45, 7) is 1.84. The van der Waals surface area contributed by atoms with Crippen molar-refractivity contribution in [2.45, 2.75) is 12.5 Å². The second-order valence-electron chi connectivity index (χ2n) is 7.64. The number of fused-ring (bicyclic) bond motifs is 2. The molecule has 3 heterocycles. The fourth-order valence-corrected chi connectivity index (χ4v) is 4.15. The molecule has 30 heavy (non-hydrogen) atoms. The Hall–Kier alpha value is -3.64. The van der Waals surface area contributed by atoms with Crippen LogP contribution in [0.4, 0.5) is 21.6 Å². The minimum absolute atomic E-state index is 0.322. The molecule has 2 aromatic heterocycles.